The van der Waals surface area contributed by atoms with Crippen LogP contribution in [0.15, 0.2) is 24.3 Å². The molecule has 0 atom stereocenters. The minimum atomic E-state index is 1.00. The van der Waals surface area contributed by atoms with E-state index in [1.807, 2.05) is 11.3 Å². The van der Waals surface area contributed by atoms with Crippen LogP contribution in [0.1, 0.15) is 18.1 Å². The van der Waals surface area contributed by atoms with E-state index in [1.165, 1.54) is 31.7 Å². The lowest BCUT2D eigenvalue weighted by molar-refractivity contribution is 0.313. The Kier molecular flexibility index (Phi) is 4.91. The van der Waals surface area contributed by atoms with Gasteiger partial charge in [-0.1, -0.05) is 6.92 Å². The number of hydrogen-bond acceptors (Lipinski definition) is 4. The molecule has 3 aliphatic rings. The lowest BCUT2D eigenvalue weighted by Crippen LogP contribution is -2.44. The number of nitrogens with zero attached hydrogens (tertiary/aromatic N) is 4. The fourth-order valence-electron chi connectivity index (χ4n) is 3.81. The van der Waals surface area contributed by atoms with Gasteiger partial charge in [0.1, 0.15) is 14.1 Å². The van der Waals surface area contributed by atoms with Crippen LogP contribution in [0, 0.1) is 6.92 Å². The van der Waals surface area contributed by atoms with Gasteiger partial charge < -0.3 is 9.80 Å². The topological polar surface area (TPSA) is 22.4 Å². The summed E-state index contributed by atoms with van der Waals surface area (Å²) in [5.41, 5.74) is 6.26. The van der Waals surface area contributed by atoms with E-state index in [0.29, 0.717) is 0 Å². The second-order valence-electron chi connectivity index (χ2n) is 7.81. The van der Waals surface area contributed by atoms with Crippen LogP contribution in [0.2, 0.25) is 0 Å². The zero-order valence-electron chi connectivity index (χ0n) is 17.0. The minimum absolute atomic E-state index is 1.00. The highest BCUT2D eigenvalue weighted by Gasteiger charge is 2.18. The number of hydrogen-bond donors (Lipinski definition) is 0. The van der Waals surface area contributed by atoms with Crippen molar-refractivity contribution >= 4 is 27.2 Å². The number of aryl methyl sites for hydroxylation is 2. The van der Waals surface area contributed by atoms with Gasteiger partial charge in [-0.3, -0.25) is 0 Å². The van der Waals surface area contributed by atoms with Crippen LogP contribution in [0.4, 0.5) is 5.69 Å². The van der Waals surface area contributed by atoms with Crippen LogP contribution in [0.3, 0.4) is 0 Å². The molecule has 0 unspecified atom stereocenters. The predicted octanol–water partition coefficient (Wildman–Crippen LogP) is 3.06. The fraction of sp³-hybridized carbons (Fsp3) is 0.455. The number of benzene rings is 2. The van der Waals surface area contributed by atoms with Gasteiger partial charge in [0.15, 0.2) is 0 Å². The van der Waals surface area contributed by atoms with Gasteiger partial charge in [-0.05, 0) is 43.7 Å². The number of anilines is 1. The van der Waals surface area contributed by atoms with Crippen molar-refractivity contribution < 1.29 is 0 Å². The molecule has 0 spiro atoms. The second-order valence-corrected chi connectivity index (χ2v) is 8.90. The monoisotopic (exact) mass is 381 g/mol. The van der Waals surface area contributed by atoms with Gasteiger partial charge in [0.25, 0.3) is 0 Å². The van der Waals surface area contributed by atoms with E-state index in [0.717, 1.165) is 43.8 Å². The van der Waals surface area contributed by atoms with Gasteiger partial charge in [0.05, 0.1) is 20.8 Å². The lowest BCUT2D eigenvalue weighted by Gasteiger charge is -2.34. The molecule has 0 aromatic heterocycles. The van der Waals surface area contributed by atoms with E-state index in [4.69, 9.17) is 4.98 Å². The SMILES string of the molecule is CCc1cc(=[N+](C)C)cc2sc3cc(N4CCN(C)CC4)cc(C)c3nc1-2. The van der Waals surface area contributed by atoms with Gasteiger partial charge in [-0.15, -0.1) is 11.3 Å². The Hall–Kier alpha value is -1.98. The molecular weight excluding hydrogens is 352 g/mol. The molecule has 4 rings (SSSR count). The maximum absolute atomic E-state index is 5.11. The standard InChI is InChI=1S/C22H29N4S/c1-6-16-12-17(24(3)4)13-20-22(16)23-21-15(2)11-18(14-19(21)27-20)26-9-7-25(5)8-10-26/h11-14H,6-10H2,1-5H3/q+1. The average Bonchev–Trinajstić information content (AvgIpc) is 2.66. The van der Waals surface area contributed by atoms with E-state index in [1.54, 1.807) is 0 Å². The van der Waals surface area contributed by atoms with E-state index < -0.39 is 0 Å². The molecule has 1 aromatic carbocycles. The third-order valence-corrected chi connectivity index (χ3v) is 6.66. The smallest absolute Gasteiger partial charge is 0.201 e. The molecule has 5 heteroatoms. The fourth-order valence-corrected chi connectivity index (χ4v) is 4.98. The summed E-state index contributed by atoms with van der Waals surface area (Å²) >= 11 is 1.88. The summed E-state index contributed by atoms with van der Waals surface area (Å²) in [4.78, 5) is 11.3. The summed E-state index contributed by atoms with van der Waals surface area (Å²) in [5, 5.41) is 1.25. The van der Waals surface area contributed by atoms with Crippen molar-refractivity contribution in [3.63, 3.8) is 0 Å². The lowest BCUT2D eigenvalue weighted by atomic mass is 10.1. The first-order chi connectivity index (χ1) is 13.0. The number of rotatable bonds is 2. The molecule has 4 nitrogen and oxygen atoms in total. The Labute approximate surface area is 165 Å². The van der Waals surface area contributed by atoms with Gasteiger partial charge in [-0.2, -0.15) is 0 Å². The zero-order chi connectivity index (χ0) is 19.1. The molecular formula is C22H29N4S+. The Balaban J connectivity index is 1.90. The average molecular weight is 382 g/mol. The molecule has 142 valence electrons. The van der Waals surface area contributed by atoms with Gasteiger partial charge >= 0.3 is 0 Å². The molecule has 2 heterocycles. The Morgan fingerprint density at radius 2 is 1.81 bits per heavy atom. The summed E-state index contributed by atoms with van der Waals surface area (Å²) in [7, 11) is 6.42. The van der Waals surface area contributed by atoms with Gasteiger partial charge in [0.2, 0.25) is 5.36 Å². The quantitative estimate of drug-likeness (QED) is 0.503. The van der Waals surface area contributed by atoms with Crippen molar-refractivity contribution in [1.29, 1.82) is 0 Å². The van der Waals surface area contributed by atoms with Crippen LogP contribution in [-0.2, 0) is 6.42 Å². The van der Waals surface area contributed by atoms with Crippen molar-refractivity contribution in [2.75, 3.05) is 52.2 Å². The highest BCUT2D eigenvalue weighted by molar-refractivity contribution is 7.21. The maximum atomic E-state index is 5.11. The first-order valence-corrected chi connectivity index (χ1v) is 10.6. The van der Waals surface area contributed by atoms with E-state index >= 15 is 0 Å². The molecule has 0 bridgehead atoms. The van der Waals surface area contributed by atoms with Crippen LogP contribution in [-0.4, -0.2) is 57.2 Å². The first kappa shape index (κ1) is 18.4. The molecule has 0 radical (unpaired) electrons. The summed E-state index contributed by atoms with van der Waals surface area (Å²) in [6.07, 6.45) is 1.00. The summed E-state index contributed by atoms with van der Waals surface area (Å²) in [6.45, 7) is 8.86. The molecule has 27 heavy (non-hydrogen) atoms. The molecule has 1 aliphatic carbocycles. The minimum Gasteiger partial charge on any atom is -0.369 e. The zero-order valence-corrected chi connectivity index (χ0v) is 17.9. The van der Waals surface area contributed by atoms with Gasteiger partial charge in [-0.25, -0.2) is 9.56 Å². The number of piperazine rings is 1. The predicted molar refractivity (Wildman–Crippen MR) is 117 cm³/mol. The highest BCUT2D eigenvalue weighted by Crippen LogP contribution is 2.35. The normalized spacial score (nSPS) is 15.7. The summed E-state index contributed by atoms with van der Waals surface area (Å²) in [6, 6.07) is 9.23. The molecule has 0 N–H and O–H groups in total. The molecule has 0 amide bonds. The number of fused-ring (bicyclic) bond motifs is 2. The molecule has 1 saturated heterocycles. The second kappa shape index (κ2) is 7.21. The van der Waals surface area contributed by atoms with Crippen molar-refractivity contribution in [2.45, 2.75) is 20.3 Å². The summed E-state index contributed by atoms with van der Waals surface area (Å²) < 4.78 is 3.47. The Morgan fingerprint density at radius 1 is 1.07 bits per heavy atom. The number of likely N-dealkylation sites (N-methyl/N-ethyl adjacent to an activating group) is 1. The van der Waals surface area contributed by atoms with Crippen molar-refractivity contribution in [3.8, 4) is 10.6 Å². The van der Waals surface area contributed by atoms with Crippen LogP contribution in [0.25, 0.3) is 20.8 Å². The van der Waals surface area contributed by atoms with Crippen molar-refractivity contribution in [2.24, 2.45) is 0 Å². The summed E-state index contributed by atoms with van der Waals surface area (Å²) in [5.74, 6) is 0. The Bertz CT molecular complexity index is 1020. The number of aromatic nitrogens is 1. The van der Waals surface area contributed by atoms with Gasteiger partial charge in [0, 0.05) is 44.0 Å². The van der Waals surface area contributed by atoms with Crippen LogP contribution in [0.5, 0.6) is 0 Å². The molecule has 1 aromatic rings. The van der Waals surface area contributed by atoms with E-state index in [9.17, 15) is 0 Å². The Morgan fingerprint density at radius 3 is 2.48 bits per heavy atom. The van der Waals surface area contributed by atoms with Crippen LogP contribution < -0.4 is 14.8 Å². The van der Waals surface area contributed by atoms with Crippen molar-refractivity contribution in [1.82, 2.24) is 14.5 Å². The van der Waals surface area contributed by atoms with E-state index in [2.05, 4.69) is 73.6 Å². The highest BCUT2D eigenvalue weighted by atomic mass is 32.1. The van der Waals surface area contributed by atoms with E-state index in [-0.39, 0.29) is 0 Å². The molecule has 1 fully saturated rings. The van der Waals surface area contributed by atoms with Crippen molar-refractivity contribution in [3.05, 3.63) is 40.7 Å². The maximum Gasteiger partial charge on any atom is 0.201 e. The third-order valence-electron chi connectivity index (χ3n) is 5.60. The molecule has 2 aliphatic heterocycles. The largest absolute Gasteiger partial charge is 0.369 e. The molecule has 0 saturated carbocycles. The third kappa shape index (κ3) is 3.46. The van der Waals surface area contributed by atoms with Crippen LogP contribution >= 0.6 is 11.3 Å². The first-order valence-electron chi connectivity index (χ1n) is 9.78.